The molecule has 1 aromatic rings. The van der Waals surface area contributed by atoms with Gasteiger partial charge in [-0.25, -0.2) is 4.79 Å². The number of methoxy groups -OCH3 is 1. The Bertz CT molecular complexity index is 612. The van der Waals surface area contributed by atoms with E-state index >= 15 is 0 Å². The minimum atomic E-state index is -0.929. The lowest BCUT2D eigenvalue weighted by Crippen LogP contribution is -2.60. The molecule has 24 heavy (non-hydrogen) atoms. The van der Waals surface area contributed by atoms with Gasteiger partial charge in [0.15, 0.2) is 0 Å². The third kappa shape index (κ3) is 4.13. The van der Waals surface area contributed by atoms with Crippen molar-refractivity contribution in [2.24, 2.45) is 5.73 Å². The van der Waals surface area contributed by atoms with Crippen LogP contribution >= 0.6 is 0 Å². The molecule has 1 aliphatic rings. The Morgan fingerprint density at radius 2 is 1.92 bits per heavy atom. The molecule has 3 N–H and O–H groups in total. The highest BCUT2D eigenvalue weighted by atomic mass is 16.5. The van der Waals surface area contributed by atoms with Crippen molar-refractivity contribution >= 4 is 11.9 Å². The quantitative estimate of drug-likeness (QED) is 0.821. The molecule has 1 aliphatic heterocycles. The number of amides is 1. The van der Waals surface area contributed by atoms with Gasteiger partial charge in [0.2, 0.25) is 5.91 Å². The second kappa shape index (κ2) is 6.91. The van der Waals surface area contributed by atoms with Gasteiger partial charge in [-0.2, -0.15) is 0 Å². The predicted octanol–water partition coefficient (Wildman–Crippen LogP) is 1.94. The van der Waals surface area contributed by atoms with Gasteiger partial charge < -0.3 is 20.5 Å². The molecule has 1 fully saturated rings. The fourth-order valence-corrected chi connectivity index (χ4v) is 3.05. The second-order valence-corrected chi connectivity index (χ2v) is 7.00. The maximum absolute atomic E-state index is 12.6. The van der Waals surface area contributed by atoms with E-state index in [-0.39, 0.29) is 17.9 Å². The molecular formula is C18H26N2O4. The van der Waals surface area contributed by atoms with Crippen molar-refractivity contribution in [1.29, 1.82) is 0 Å². The van der Waals surface area contributed by atoms with Gasteiger partial charge in [-0.05, 0) is 44.9 Å². The number of carbonyl (C=O) groups excluding carboxylic acids is 2. The van der Waals surface area contributed by atoms with Crippen LogP contribution in [0.25, 0.3) is 0 Å². The summed E-state index contributed by atoms with van der Waals surface area (Å²) >= 11 is 0. The Morgan fingerprint density at radius 1 is 1.29 bits per heavy atom. The highest BCUT2D eigenvalue weighted by Crippen LogP contribution is 2.31. The number of esters is 1. The van der Waals surface area contributed by atoms with Crippen molar-refractivity contribution in [2.45, 2.75) is 50.8 Å². The lowest BCUT2D eigenvalue weighted by Gasteiger charge is -2.41. The molecule has 0 radical (unpaired) electrons. The number of ether oxygens (including phenoxy) is 2. The highest BCUT2D eigenvalue weighted by molar-refractivity contribution is 5.89. The summed E-state index contributed by atoms with van der Waals surface area (Å²) in [5.74, 6) is -0.563. The molecule has 6 nitrogen and oxygen atoms in total. The average molecular weight is 334 g/mol. The number of carbonyl (C=O) groups is 2. The average Bonchev–Trinajstić information content (AvgIpc) is 2.53. The van der Waals surface area contributed by atoms with Crippen LogP contribution in [0.2, 0.25) is 0 Å². The van der Waals surface area contributed by atoms with Gasteiger partial charge in [-0.3, -0.25) is 4.79 Å². The molecule has 2 atom stereocenters. The Kier molecular flexibility index (Phi) is 5.30. The molecule has 0 spiro atoms. The van der Waals surface area contributed by atoms with E-state index in [1.165, 1.54) is 7.11 Å². The zero-order valence-electron chi connectivity index (χ0n) is 14.7. The number of hydrogen-bond acceptors (Lipinski definition) is 5. The van der Waals surface area contributed by atoms with Gasteiger partial charge in [0, 0.05) is 13.0 Å². The lowest BCUT2D eigenvalue weighted by atomic mass is 9.81. The van der Waals surface area contributed by atoms with Crippen LogP contribution in [0.4, 0.5) is 0 Å². The van der Waals surface area contributed by atoms with Crippen LogP contribution < -0.4 is 11.1 Å². The maximum atomic E-state index is 12.6. The second-order valence-electron chi connectivity index (χ2n) is 7.00. The Labute approximate surface area is 142 Å². The third-order valence-electron chi connectivity index (χ3n) is 4.41. The molecule has 6 heteroatoms. The summed E-state index contributed by atoms with van der Waals surface area (Å²) in [7, 11) is 1.34. The van der Waals surface area contributed by atoms with Crippen molar-refractivity contribution in [3.05, 3.63) is 35.4 Å². The number of rotatable bonds is 4. The fraction of sp³-hybridized carbons (Fsp3) is 0.556. The van der Waals surface area contributed by atoms with E-state index < -0.39 is 11.1 Å². The number of hydrogen-bond donors (Lipinski definition) is 2. The standard InChI is InChI=1S/C18H26N2O4/c1-12(13-5-7-14(8-6-13)15(21)23-4)20-16(22)18(19)9-10-24-17(2,3)11-18/h5-8,12H,9-11,19H2,1-4H3,(H,20,22). The largest absolute Gasteiger partial charge is 0.465 e. The van der Waals surface area contributed by atoms with E-state index in [1.54, 1.807) is 24.3 Å². The predicted molar refractivity (Wildman–Crippen MR) is 90.5 cm³/mol. The molecule has 1 heterocycles. The SMILES string of the molecule is COC(=O)c1ccc(C(C)NC(=O)C2(N)CCOC(C)(C)C2)cc1. The molecule has 0 saturated carbocycles. The summed E-state index contributed by atoms with van der Waals surface area (Å²) in [6.45, 7) is 6.24. The molecule has 1 amide bonds. The van der Waals surface area contributed by atoms with Crippen molar-refractivity contribution in [3.63, 3.8) is 0 Å². The maximum Gasteiger partial charge on any atom is 0.337 e. The molecule has 132 valence electrons. The van der Waals surface area contributed by atoms with E-state index in [2.05, 4.69) is 10.1 Å². The van der Waals surface area contributed by atoms with Crippen LogP contribution in [0.15, 0.2) is 24.3 Å². The minimum Gasteiger partial charge on any atom is -0.465 e. The van der Waals surface area contributed by atoms with Gasteiger partial charge in [-0.15, -0.1) is 0 Å². The van der Waals surface area contributed by atoms with Gasteiger partial charge in [0.25, 0.3) is 0 Å². The van der Waals surface area contributed by atoms with Crippen LogP contribution in [0.5, 0.6) is 0 Å². The molecule has 0 bridgehead atoms. The van der Waals surface area contributed by atoms with Crippen molar-refractivity contribution in [2.75, 3.05) is 13.7 Å². The first-order valence-electron chi connectivity index (χ1n) is 8.09. The summed E-state index contributed by atoms with van der Waals surface area (Å²) in [6.07, 6.45) is 0.968. The Balaban J connectivity index is 2.04. The molecule has 0 aliphatic carbocycles. The van der Waals surface area contributed by atoms with Gasteiger partial charge in [0.1, 0.15) is 5.54 Å². The Hall–Kier alpha value is -1.92. The lowest BCUT2D eigenvalue weighted by molar-refractivity contribution is -0.139. The summed E-state index contributed by atoms with van der Waals surface area (Å²) in [6, 6.07) is 6.75. The summed E-state index contributed by atoms with van der Waals surface area (Å²) in [4.78, 5) is 24.1. The van der Waals surface area contributed by atoms with E-state index in [0.29, 0.717) is 25.0 Å². The van der Waals surface area contributed by atoms with Gasteiger partial charge in [0.05, 0.1) is 24.3 Å². The summed E-state index contributed by atoms with van der Waals surface area (Å²) in [5.41, 5.74) is 6.37. The van der Waals surface area contributed by atoms with Crippen LogP contribution in [0.1, 0.15) is 55.6 Å². The first-order chi connectivity index (χ1) is 11.2. The Morgan fingerprint density at radius 3 is 2.46 bits per heavy atom. The van der Waals surface area contributed by atoms with E-state index in [1.807, 2.05) is 20.8 Å². The number of benzene rings is 1. The van der Waals surface area contributed by atoms with Crippen molar-refractivity contribution in [3.8, 4) is 0 Å². The normalized spacial score (nSPS) is 24.0. The summed E-state index contributed by atoms with van der Waals surface area (Å²) in [5, 5.41) is 2.97. The zero-order valence-corrected chi connectivity index (χ0v) is 14.7. The van der Waals surface area contributed by atoms with Crippen molar-refractivity contribution < 1.29 is 19.1 Å². The van der Waals surface area contributed by atoms with E-state index in [9.17, 15) is 9.59 Å². The molecule has 1 aromatic carbocycles. The highest BCUT2D eigenvalue weighted by Gasteiger charge is 2.43. The first-order valence-corrected chi connectivity index (χ1v) is 8.09. The van der Waals surface area contributed by atoms with Crippen LogP contribution in [0.3, 0.4) is 0 Å². The zero-order chi connectivity index (χ0) is 18.0. The van der Waals surface area contributed by atoms with E-state index in [4.69, 9.17) is 10.5 Å². The summed E-state index contributed by atoms with van der Waals surface area (Å²) < 4.78 is 10.3. The van der Waals surface area contributed by atoms with Crippen LogP contribution in [-0.2, 0) is 14.3 Å². The fourth-order valence-electron chi connectivity index (χ4n) is 3.05. The van der Waals surface area contributed by atoms with E-state index in [0.717, 1.165) is 5.56 Å². The topological polar surface area (TPSA) is 90.7 Å². The minimum absolute atomic E-state index is 0.177. The van der Waals surface area contributed by atoms with Gasteiger partial charge >= 0.3 is 5.97 Å². The monoisotopic (exact) mass is 334 g/mol. The molecule has 2 rings (SSSR count). The van der Waals surface area contributed by atoms with Crippen LogP contribution in [0, 0.1) is 0 Å². The molecule has 1 saturated heterocycles. The molecular weight excluding hydrogens is 308 g/mol. The smallest absolute Gasteiger partial charge is 0.337 e. The first kappa shape index (κ1) is 18.4. The van der Waals surface area contributed by atoms with Crippen molar-refractivity contribution in [1.82, 2.24) is 5.32 Å². The number of nitrogens with two attached hydrogens (primary N) is 1. The van der Waals surface area contributed by atoms with Crippen LogP contribution in [-0.4, -0.2) is 36.7 Å². The van der Waals surface area contributed by atoms with Gasteiger partial charge in [-0.1, -0.05) is 12.1 Å². The number of nitrogens with one attached hydrogen (secondary N) is 1. The molecule has 0 aromatic heterocycles. The molecule has 2 unspecified atom stereocenters. The third-order valence-corrected chi connectivity index (χ3v) is 4.41.